The van der Waals surface area contributed by atoms with Gasteiger partial charge in [0.05, 0.1) is 6.61 Å². The van der Waals surface area contributed by atoms with E-state index in [-0.39, 0.29) is 6.61 Å². The van der Waals surface area contributed by atoms with Crippen molar-refractivity contribution in [3.8, 4) is 11.1 Å². The Morgan fingerprint density at radius 3 is 2.50 bits per heavy atom. The molecule has 0 radical (unpaired) electrons. The molecule has 1 aliphatic rings. The van der Waals surface area contributed by atoms with Gasteiger partial charge in [0, 0.05) is 0 Å². The van der Waals surface area contributed by atoms with Gasteiger partial charge in [0.1, 0.15) is 11.5 Å². The van der Waals surface area contributed by atoms with Gasteiger partial charge in [-0.05, 0) is 55.0 Å². The Hall–Kier alpha value is -3.25. The van der Waals surface area contributed by atoms with Gasteiger partial charge in [-0.3, -0.25) is 4.84 Å². The van der Waals surface area contributed by atoms with Gasteiger partial charge in [0.25, 0.3) is 0 Å². The topological polar surface area (TPSA) is 102 Å². The Bertz CT molecular complexity index is 1030. The lowest BCUT2D eigenvalue weighted by Gasteiger charge is -2.24. The first kappa shape index (κ1) is 21.5. The number of rotatable bonds is 7. The number of carbonyl (C=O) groups excluding carboxylic acids is 2. The highest BCUT2D eigenvalue weighted by Gasteiger charge is 2.33. The standard InChI is InChI=1S/C23H23NO6/c1-23(2,3)30-22(28)20(19(12-25)21(26)27)24-29-13-15-8-6-10-17-16-9-5-4-7-14(16)11-18(15)17/h4-10,20,24H,11,13H2,1-3H3,(H,26,27)/t20-/m0/s1. The number of hydrogen-bond acceptors (Lipinski definition) is 6. The molecule has 0 aromatic heterocycles. The highest BCUT2D eigenvalue weighted by Crippen LogP contribution is 2.38. The first-order valence-electron chi connectivity index (χ1n) is 9.49. The SMILES string of the molecule is CC(C)(C)OC(=O)[C@@H](NOCc1cccc2c1Cc1ccccc1-2)C(=C=O)C(=O)O. The number of carboxylic acids is 1. The average Bonchev–Trinajstić information content (AvgIpc) is 3.05. The molecule has 0 spiro atoms. The summed E-state index contributed by atoms with van der Waals surface area (Å²) in [6.07, 6.45) is 0.759. The predicted molar refractivity (Wildman–Crippen MR) is 109 cm³/mol. The van der Waals surface area contributed by atoms with Crippen molar-refractivity contribution < 1.29 is 29.1 Å². The summed E-state index contributed by atoms with van der Waals surface area (Å²) in [5.41, 5.74) is 6.22. The fraction of sp³-hybridized carbons (Fsp3) is 0.304. The van der Waals surface area contributed by atoms with Gasteiger partial charge < -0.3 is 9.84 Å². The van der Waals surface area contributed by atoms with Crippen molar-refractivity contribution in [2.24, 2.45) is 0 Å². The van der Waals surface area contributed by atoms with Crippen LogP contribution >= 0.6 is 0 Å². The number of carboxylic acid groups (broad SMARTS) is 1. The largest absolute Gasteiger partial charge is 0.477 e. The molecule has 3 rings (SSSR count). The minimum atomic E-state index is -1.60. The minimum Gasteiger partial charge on any atom is -0.477 e. The van der Waals surface area contributed by atoms with Crippen LogP contribution in [0.1, 0.15) is 37.5 Å². The first-order valence-corrected chi connectivity index (χ1v) is 9.49. The van der Waals surface area contributed by atoms with Gasteiger partial charge in [-0.25, -0.2) is 14.4 Å². The number of hydroxylamine groups is 1. The number of benzene rings is 2. The molecule has 2 N–H and O–H groups in total. The molecule has 1 aliphatic carbocycles. The lowest BCUT2D eigenvalue weighted by molar-refractivity contribution is -0.162. The highest BCUT2D eigenvalue weighted by atomic mass is 16.7. The number of esters is 1. The third kappa shape index (κ3) is 4.66. The van der Waals surface area contributed by atoms with Crippen molar-refractivity contribution in [3.63, 3.8) is 0 Å². The lowest BCUT2D eigenvalue weighted by Crippen LogP contribution is -2.44. The van der Waals surface area contributed by atoms with E-state index in [9.17, 15) is 19.5 Å². The number of fused-ring (bicyclic) bond motifs is 3. The molecular weight excluding hydrogens is 386 g/mol. The van der Waals surface area contributed by atoms with Crippen molar-refractivity contribution in [1.29, 1.82) is 0 Å². The van der Waals surface area contributed by atoms with Crippen molar-refractivity contribution in [2.75, 3.05) is 0 Å². The molecule has 0 bridgehead atoms. The number of carbonyl (C=O) groups is 2. The lowest BCUT2D eigenvalue weighted by atomic mass is 10.0. The summed E-state index contributed by atoms with van der Waals surface area (Å²) in [4.78, 5) is 40.4. The predicted octanol–water partition coefficient (Wildman–Crippen LogP) is 2.83. The quantitative estimate of drug-likeness (QED) is 0.268. The van der Waals surface area contributed by atoms with E-state index in [0.717, 1.165) is 23.1 Å². The summed E-state index contributed by atoms with van der Waals surface area (Å²) < 4.78 is 5.21. The molecule has 2 aromatic rings. The molecule has 0 saturated heterocycles. The van der Waals surface area contributed by atoms with Gasteiger partial charge in [-0.1, -0.05) is 42.5 Å². The van der Waals surface area contributed by atoms with Crippen LogP contribution in [0.3, 0.4) is 0 Å². The Morgan fingerprint density at radius 2 is 1.83 bits per heavy atom. The number of ether oxygens (including phenoxy) is 1. The normalized spacial score (nSPS) is 13.0. The smallest absolute Gasteiger partial charge is 0.345 e. The van der Waals surface area contributed by atoms with Crippen LogP contribution in [0.4, 0.5) is 0 Å². The maximum absolute atomic E-state index is 12.4. The van der Waals surface area contributed by atoms with Crippen LogP contribution in [-0.2, 0) is 37.0 Å². The van der Waals surface area contributed by atoms with E-state index in [2.05, 4.69) is 17.6 Å². The number of hydrogen-bond donors (Lipinski definition) is 2. The summed E-state index contributed by atoms with van der Waals surface area (Å²) in [7, 11) is 0. The fourth-order valence-corrected chi connectivity index (χ4v) is 3.37. The van der Waals surface area contributed by atoms with Crippen molar-refractivity contribution >= 4 is 17.9 Å². The molecule has 0 aliphatic heterocycles. The molecule has 7 heteroatoms. The van der Waals surface area contributed by atoms with E-state index in [4.69, 9.17) is 9.57 Å². The first-order chi connectivity index (χ1) is 14.2. The van der Waals surface area contributed by atoms with Crippen LogP contribution in [-0.4, -0.2) is 34.6 Å². The second-order valence-corrected chi connectivity index (χ2v) is 7.97. The Morgan fingerprint density at radius 1 is 1.13 bits per heavy atom. The monoisotopic (exact) mass is 409 g/mol. The van der Waals surface area contributed by atoms with Gasteiger partial charge in [-0.2, -0.15) is 5.48 Å². The van der Waals surface area contributed by atoms with Crippen molar-refractivity contribution in [3.05, 3.63) is 64.7 Å². The average molecular weight is 409 g/mol. The van der Waals surface area contributed by atoms with E-state index in [1.165, 1.54) is 17.1 Å². The van der Waals surface area contributed by atoms with E-state index >= 15 is 0 Å². The van der Waals surface area contributed by atoms with Gasteiger partial charge in [0.15, 0.2) is 11.6 Å². The van der Waals surface area contributed by atoms with Gasteiger partial charge in [0.2, 0.25) is 0 Å². The van der Waals surface area contributed by atoms with Crippen LogP contribution < -0.4 is 5.48 Å². The molecule has 0 heterocycles. The van der Waals surface area contributed by atoms with E-state index in [1.807, 2.05) is 30.3 Å². The maximum atomic E-state index is 12.4. The van der Waals surface area contributed by atoms with Crippen LogP contribution in [0, 0.1) is 0 Å². The zero-order chi connectivity index (χ0) is 21.9. The molecule has 1 atom stereocenters. The van der Waals surface area contributed by atoms with Crippen molar-refractivity contribution in [1.82, 2.24) is 5.48 Å². The van der Waals surface area contributed by atoms with E-state index in [0.29, 0.717) is 0 Å². The summed E-state index contributed by atoms with van der Waals surface area (Å²) >= 11 is 0. The molecule has 7 nitrogen and oxygen atoms in total. The Kier molecular flexibility index (Phi) is 6.17. The molecule has 0 fully saturated rings. The summed E-state index contributed by atoms with van der Waals surface area (Å²) in [5, 5.41) is 9.23. The third-order valence-corrected chi connectivity index (χ3v) is 4.65. The van der Waals surface area contributed by atoms with Crippen LogP contribution in [0.5, 0.6) is 0 Å². The zero-order valence-corrected chi connectivity index (χ0v) is 17.0. The van der Waals surface area contributed by atoms with Crippen molar-refractivity contribution in [2.45, 2.75) is 45.4 Å². The summed E-state index contributed by atoms with van der Waals surface area (Å²) in [5.74, 6) is -1.22. The second kappa shape index (κ2) is 8.63. The fourth-order valence-electron chi connectivity index (χ4n) is 3.37. The molecule has 30 heavy (non-hydrogen) atoms. The zero-order valence-electron chi connectivity index (χ0n) is 17.0. The molecule has 0 unspecified atom stereocenters. The number of aliphatic carboxylic acids is 1. The second-order valence-electron chi connectivity index (χ2n) is 7.97. The summed E-state index contributed by atoms with van der Waals surface area (Å²) in [6, 6.07) is 12.4. The Labute approximate surface area is 174 Å². The van der Waals surface area contributed by atoms with E-state index < -0.39 is 29.2 Å². The summed E-state index contributed by atoms with van der Waals surface area (Å²) in [6.45, 7) is 4.98. The molecular formula is C23H23NO6. The van der Waals surface area contributed by atoms with Gasteiger partial charge in [-0.15, -0.1) is 0 Å². The number of nitrogens with one attached hydrogen (secondary N) is 1. The van der Waals surface area contributed by atoms with Crippen LogP contribution in [0.2, 0.25) is 0 Å². The highest BCUT2D eigenvalue weighted by molar-refractivity contribution is 6.03. The van der Waals surface area contributed by atoms with Crippen LogP contribution in [0.25, 0.3) is 11.1 Å². The third-order valence-electron chi connectivity index (χ3n) is 4.65. The minimum absolute atomic E-state index is 0.0716. The molecule has 156 valence electrons. The Balaban J connectivity index is 1.76. The molecule has 2 aromatic carbocycles. The molecule has 0 amide bonds. The van der Waals surface area contributed by atoms with E-state index in [1.54, 1.807) is 20.8 Å². The maximum Gasteiger partial charge on any atom is 0.345 e. The van der Waals surface area contributed by atoms with Gasteiger partial charge >= 0.3 is 11.9 Å². The molecule has 0 saturated carbocycles. The van der Waals surface area contributed by atoms with Crippen LogP contribution in [0.15, 0.2) is 48.0 Å².